The average molecular weight is 1050 g/mol. The van der Waals surface area contributed by atoms with Gasteiger partial charge in [0.15, 0.2) is 10.8 Å². The fourth-order valence-electron chi connectivity index (χ4n) is 7.69. The number of nitrogens with one attached hydrogen (secondary N) is 2. The molecule has 0 saturated carbocycles. The lowest BCUT2D eigenvalue weighted by Gasteiger charge is -2.49. The Labute approximate surface area is 430 Å². The number of β-lactam (4-membered cyclic amide) rings is 1. The molecule has 0 bridgehead atoms. The first-order valence-electron chi connectivity index (χ1n) is 22.0. The Morgan fingerprint density at radius 1 is 0.917 bits per heavy atom. The summed E-state index contributed by atoms with van der Waals surface area (Å²) in [7, 11) is 1.53. The fraction of sp³-hybridized carbons (Fsp3) is 0.216. The van der Waals surface area contributed by atoms with E-state index >= 15 is 0 Å². The van der Waals surface area contributed by atoms with Gasteiger partial charge in [-0.15, -0.1) is 34.9 Å². The number of rotatable bonds is 19. The number of carbonyl (C=O) groups is 5. The Kier molecular flexibility index (Phi) is 15.5. The highest BCUT2D eigenvalue weighted by molar-refractivity contribution is 8.02. The summed E-state index contributed by atoms with van der Waals surface area (Å²) >= 11 is 4.25. The van der Waals surface area contributed by atoms with Crippen LogP contribution < -0.4 is 15.4 Å². The van der Waals surface area contributed by atoms with Crippen LogP contribution in [0.3, 0.4) is 0 Å². The molecular weight excluding hydrogens is 1000 g/mol. The van der Waals surface area contributed by atoms with E-state index in [0.717, 1.165) is 40.0 Å². The van der Waals surface area contributed by atoms with E-state index in [2.05, 4.69) is 26.7 Å². The van der Waals surface area contributed by atoms with Gasteiger partial charge >= 0.3 is 17.9 Å². The van der Waals surface area contributed by atoms with E-state index in [9.17, 15) is 34.2 Å². The van der Waals surface area contributed by atoms with Crippen LogP contribution in [-0.2, 0) is 45.6 Å². The van der Waals surface area contributed by atoms with E-state index in [1.165, 1.54) is 35.1 Å². The molecule has 8 rings (SSSR count). The zero-order chi connectivity index (χ0) is 51.2. The molecule has 2 atom stereocenters. The van der Waals surface area contributed by atoms with Crippen LogP contribution in [0.4, 0.5) is 5.13 Å². The molecule has 21 heteroatoms. The highest BCUT2D eigenvalue weighted by Crippen LogP contribution is 2.44. The maximum atomic E-state index is 14.6. The maximum Gasteiger partial charge on any atom is 0.376 e. The second kappa shape index (κ2) is 21.9. The lowest BCUT2D eigenvalue weighted by molar-refractivity contribution is -0.154. The van der Waals surface area contributed by atoms with E-state index in [4.69, 9.17) is 24.0 Å². The number of oxime groups is 1. The highest BCUT2D eigenvalue weighted by atomic mass is 32.2. The van der Waals surface area contributed by atoms with Crippen molar-refractivity contribution in [1.29, 1.82) is 0 Å². The molecule has 72 heavy (non-hydrogen) atoms. The number of amides is 2. The van der Waals surface area contributed by atoms with Gasteiger partial charge in [-0.05, 0) is 78.8 Å². The summed E-state index contributed by atoms with van der Waals surface area (Å²) in [5.74, 6) is -5.04. The van der Waals surface area contributed by atoms with Crippen LogP contribution in [0.15, 0.2) is 154 Å². The number of carboxylic acid groups (broad SMARTS) is 1. The van der Waals surface area contributed by atoms with Crippen LogP contribution in [0.5, 0.6) is 11.6 Å². The van der Waals surface area contributed by atoms with Crippen LogP contribution in [0.25, 0.3) is 0 Å². The van der Waals surface area contributed by atoms with Crippen molar-refractivity contribution in [3.05, 3.63) is 178 Å². The van der Waals surface area contributed by atoms with Crippen LogP contribution >= 0.6 is 46.4 Å². The number of fused-ring (bicyclic) bond motifs is 1. The number of esters is 2. The number of thioether (sulfide) groups is 2. The number of methoxy groups -OCH3 is 1. The molecule has 0 radical (unpaired) electrons. The van der Waals surface area contributed by atoms with Crippen LogP contribution in [0.1, 0.15) is 59.1 Å². The fourth-order valence-corrected chi connectivity index (χ4v) is 11.8. The average Bonchev–Trinajstić information content (AvgIpc) is 4.01. The summed E-state index contributed by atoms with van der Waals surface area (Å²) in [4.78, 5) is 79.4. The summed E-state index contributed by atoms with van der Waals surface area (Å²) in [6.45, 7) is 8.51. The minimum Gasteiger partial charge on any atom is -0.497 e. The zero-order valence-corrected chi connectivity index (χ0v) is 42.3. The van der Waals surface area contributed by atoms with Gasteiger partial charge in [-0.2, -0.15) is 4.37 Å². The van der Waals surface area contributed by atoms with E-state index in [1.54, 1.807) is 50.4 Å². The normalized spacial score (nSPS) is 15.7. The highest BCUT2D eigenvalue weighted by Gasteiger charge is 2.55. The van der Waals surface area contributed by atoms with E-state index in [1.807, 2.05) is 91.0 Å². The number of nitrogens with zero attached hydrogens (tertiary/aromatic N) is 4. The molecule has 2 aliphatic rings. The number of ether oxygens (including phenoxy) is 3. The minimum absolute atomic E-state index is 0.0249. The lowest BCUT2D eigenvalue weighted by Crippen LogP contribution is -2.71. The molecule has 0 unspecified atom stereocenters. The lowest BCUT2D eigenvalue weighted by atomic mass is 9.77. The third kappa shape index (κ3) is 11.0. The number of hydrogen-bond acceptors (Lipinski definition) is 18. The summed E-state index contributed by atoms with van der Waals surface area (Å²) in [5, 5.41) is 31.5. The van der Waals surface area contributed by atoms with Gasteiger partial charge in [0.2, 0.25) is 11.6 Å². The number of benzene rings is 4. The van der Waals surface area contributed by atoms with Gasteiger partial charge in [-0.25, -0.2) is 19.4 Å². The maximum absolute atomic E-state index is 14.6. The second-order valence-electron chi connectivity index (χ2n) is 17.0. The smallest absolute Gasteiger partial charge is 0.376 e. The number of carbonyl (C=O) groups excluding carboxylic acids is 4. The minimum atomic E-state index is -1.38. The number of aromatic carboxylic acids is 1. The SMILES string of the molecule is C=C(O/N=C(\C(=O)N[C@@H]1C(=O)N2C(C(=O)OCc3ccc(OC)cc3)=C(CSc3snc(O)c3C(=O)O)CS[C@@H]12)c1csc(NC(c2ccccc2)(c2ccccc2)c2ccccc2)n1)C(=O)OC(C)(C)C. The first-order valence-corrected chi connectivity index (χ1v) is 25.7. The number of anilines is 1. The van der Waals surface area contributed by atoms with Crippen molar-refractivity contribution in [3.63, 3.8) is 0 Å². The molecule has 2 aliphatic heterocycles. The van der Waals surface area contributed by atoms with Crippen molar-refractivity contribution in [2.75, 3.05) is 23.9 Å². The molecule has 4 N–H and O–H groups in total. The van der Waals surface area contributed by atoms with Gasteiger partial charge in [0.05, 0.1) is 11.3 Å². The van der Waals surface area contributed by atoms with Crippen molar-refractivity contribution in [2.24, 2.45) is 5.16 Å². The third-order valence-electron chi connectivity index (χ3n) is 11.0. The molecule has 2 aromatic heterocycles. The van der Waals surface area contributed by atoms with Crippen LogP contribution in [-0.4, -0.2) is 95.5 Å². The van der Waals surface area contributed by atoms with Crippen molar-refractivity contribution in [3.8, 4) is 11.6 Å². The molecule has 4 heterocycles. The van der Waals surface area contributed by atoms with Crippen molar-refractivity contribution >= 4 is 87.0 Å². The molecule has 4 aromatic carbocycles. The predicted octanol–water partition coefficient (Wildman–Crippen LogP) is 8.18. The number of aromatic nitrogens is 2. The molecule has 0 spiro atoms. The Balaban J connectivity index is 1.10. The van der Waals surface area contributed by atoms with E-state index in [-0.39, 0.29) is 39.3 Å². The standard InChI is InChI=1S/C51H46N6O11S4/c1-29(46(63)67-50(2,3)4)68-55-38(36-28-71-49(52-36)54-51(32-15-9-6-10-16-32,33-17-11-7-12-18-33)34-19-13-8-14-20-34)42(59)53-39-43(60)57-40(47(64)66-25-30-21-23-35(65-5)24-22-30)31(26-69-44(39)57)27-70-48-37(45(61)62)41(58)56-72-48/h6-24,28,39,44H,1,25-27H2,2-5H3,(H,52,54)(H,53,59)(H,56,58)(H,61,62)/b55-38-/t39-,44+/m1/s1. The first kappa shape index (κ1) is 50.9. The van der Waals surface area contributed by atoms with Gasteiger partial charge in [0.25, 0.3) is 11.8 Å². The van der Waals surface area contributed by atoms with Gasteiger partial charge in [0.1, 0.15) is 51.9 Å². The van der Waals surface area contributed by atoms with Crippen LogP contribution in [0, 0.1) is 0 Å². The zero-order valence-electron chi connectivity index (χ0n) is 39.0. The summed E-state index contributed by atoms with van der Waals surface area (Å²) in [6, 6.07) is 35.1. The van der Waals surface area contributed by atoms with Gasteiger partial charge < -0.3 is 39.9 Å². The number of aromatic hydroxyl groups is 1. The Bertz CT molecular complexity index is 2970. The summed E-state index contributed by atoms with van der Waals surface area (Å²) in [6.07, 6.45) is 0. The number of carboxylic acids is 1. The van der Waals surface area contributed by atoms with Gasteiger partial charge in [-0.3, -0.25) is 14.5 Å². The quantitative estimate of drug-likeness (QED) is 0.00876. The molecule has 0 aliphatic carbocycles. The molecule has 2 amide bonds. The topological polar surface area (TPSA) is 228 Å². The van der Waals surface area contributed by atoms with Crippen molar-refractivity contribution in [1.82, 2.24) is 19.6 Å². The van der Waals surface area contributed by atoms with Crippen molar-refractivity contribution < 1.29 is 53.2 Å². The van der Waals surface area contributed by atoms with E-state index < -0.39 is 69.6 Å². The first-order chi connectivity index (χ1) is 34.6. The number of hydrogen-bond donors (Lipinski definition) is 4. The number of thiazole rings is 1. The Morgan fingerprint density at radius 2 is 1.53 bits per heavy atom. The Hall–Kier alpha value is -7.46. The summed E-state index contributed by atoms with van der Waals surface area (Å²) in [5.41, 5.74) is 1.06. The molecule has 17 nitrogen and oxygen atoms in total. The molecule has 370 valence electrons. The monoisotopic (exact) mass is 1050 g/mol. The molecule has 1 saturated heterocycles. The van der Waals surface area contributed by atoms with Gasteiger partial charge in [-0.1, -0.05) is 108 Å². The van der Waals surface area contributed by atoms with Gasteiger partial charge in [0, 0.05) is 16.9 Å². The van der Waals surface area contributed by atoms with E-state index in [0.29, 0.717) is 22.0 Å². The molecule has 1 fully saturated rings. The van der Waals surface area contributed by atoms with Crippen LogP contribution in [0.2, 0.25) is 0 Å². The van der Waals surface area contributed by atoms with Crippen molar-refractivity contribution in [2.45, 2.75) is 54.1 Å². The molecule has 6 aromatic rings. The largest absolute Gasteiger partial charge is 0.497 e. The third-order valence-corrected chi connectivity index (χ3v) is 15.3. The Morgan fingerprint density at radius 3 is 2.10 bits per heavy atom. The molecular formula is C51H46N6O11S4. The second-order valence-corrected chi connectivity index (χ2v) is 20.9. The summed E-state index contributed by atoms with van der Waals surface area (Å²) < 4.78 is 20.4. The predicted molar refractivity (Wildman–Crippen MR) is 274 cm³/mol.